The van der Waals surface area contributed by atoms with Crippen LogP contribution in [0.1, 0.15) is 41.5 Å². The van der Waals surface area contributed by atoms with Crippen LogP contribution < -0.4 is 5.32 Å². The first kappa shape index (κ1) is 18.2. The Morgan fingerprint density at radius 2 is 1.70 bits per heavy atom. The Bertz CT molecular complexity index is 347. The molecule has 1 N–H and O–H groups in total. The third kappa shape index (κ3) is 7.60. The first-order valence-corrected chi connectivity index (χ1v) is 6.36. The van der Waals surface area contributed by atoms with Crippen molar-refractivity contribution in [1.29, 1.82) is 0 Å². The third-order valence-electron chi connectivity index (χ3n) is 2.12. The van der Waals surface area contributed by atoms with E-state index in [9.17, 15) is 14.4 Å². The van der Waals surface area contributed by atoms with E-state index in [0.29, 0.717) is 0 Å². The van der Waals surface area contributed by atoms with Crippen molar-refractivity contribution in [3.63, 3.8) is 0 Å². The molecule has 116 valence electrons. The SMILES string of the molecule is CC(OC=O)OC(=O)[C@@H](NC(=O)OC(C)(C)C)C(C)C. The zero-order valence-corrected chi connectivity index (χ0v) is 12.8. The van der Waals surface area contributed by atoms with Crippen LogP contribution in [0.4, 0.5) is 4.79 Å². The summed E-state index contributed by atoms with van der Waals surface area (Å²) in [6.45, 7) is 10.2. The smallest absolute Gasteiger partial charge is 0.408 e. The maximum absolute atomic E-state index is 11.9. The Morgan fingerprint density at radius 3 is 2.10 bits per heavy atom. The summed E-state index contributed by atoms with van der Waals surface area (Å²) in [6.07, 6.45) is -1.72. The fourth-order valence-corrected chi connectivity index (χ4v) is 1.28. The minimum absolute atomic E-state index is 0.184. The maximum Gasteiger partial charge on any atom is 0.408 e. The highest BCUT2D eigenvalue weighted by Gasteiger charge is 2.29. The average Bonchev–Trinajstić information content (AvgIpc) is 2.22. The van der Waals surface area contributed by atoms with Crippen LogP contribution >= 0.6 is 0 Å². The summed E-state index contributed by atoms with van der Waals surface area (Å²) in [5, 5.41) is 2.44. The highest BCUT2D eigenvalue weighted by atomic mass is 16.7. The van der Waals surface area contributed by atoms with Crippen LogP contribution in [-0.4, -0.2) is 36.5 Å². The van der Waals surface area contributed by atoms with Crippen LogP contribution in [0.3, 0.4) is 0 Å². The normalized spacial score (nSPS) is 14.2. The van der Waals surface area contributed by atoms with Crippen molar-refractivity contribution < 1.29 is 28.6 Å². The Labute approximate surface area is 118 Å². The molecule has 0 spiro atoms. The summed E-state index contributed by atoms with van der Waals surface area (Å²) in [4.78, 5) is 33.7. The van der Waals surface area contributed by atoms with E-state index < -0.39 is 30.0 Å². The zero-order chi connectivity index (χ0) is 15.9. The number of rotatable bonds is 6. The number of ether oxygens (including phenoxy) is 3. The van der Waals surface area contributed by atoms with E-state index in [4.69, 9.17) is 9.47 Å². The van der Waals surface area contributed by atoms with Crippen LogP contribution in [-0.2, 0) is 23.8 Å². The molecule has 1 unspecified atom stereocenters. The number of amides is 1. The molecule has 0 heterocycles. The van der Waals surface area contributed by atoms with Crippen LogP contribution in [0.5, 0.6) is 0 Å². The number of hydrogen-bond acceptors (Lipinski definition) is 6. The van der Waals surface area contributed by atoms with E-state index >= 15 is 0 Å². The lowest BCUT2D eigenvalue weighted by Gasteiger charge is -2.25. The lowest BCUT2D eigenvalue weighted by Crippen LogP contribution is -2.47. The van der Waals surface area contributed by atoms with Gasteiger partial charge in [0.2, 0.25) is 6.29 Å². The van der Waals surface area contributed by atoms with Gasteiger partial charge in [0.05, 0.1) is 0 Å². The van der Waals surface area contributed by atoms with Gasteiger partial charge in [0.25, 0.3) is 6.47 Å². The van der Waals surface area contributed by atoms with Crippen LogP contribution in [0.25, 0.3) is 0 Å². The van der Waals surface area contributed by atoms with Gasteiger partial charge < -0.3 is 19.5 Å². The monoisotopic (exact) mass is 289 g/mol. The second kappa shape index (κ2) is 7.72. The van der Waals surface area contributed by atoms with Crippen molar-refractivity contribution in [2.45, 2.75) is 59.5 Å². The van der Waals surface area contributed by atoms with Gasteiger partial charge in [0, 0.05) is 6.92 Å². The van der Waals surface area contributed by atoms with Gasteiger partial charge in [-0.2, -0.15) is 0 Å². The Balaban J connectivity index is 4.61. The number of alkyl carbamates (subject to hydrolysis) is 1. The fourth-order valence-electron chi connectivity index (χ4n) is 1.28. The lowest BCUT2D eigenvalue weighted by molar-refractivity contribution is -0.179. The van der Waals surface area contributed by atoms with E-state index in [0.717, 1.165) is 0 Å². The first-order chi connectivity index (χ1) is 9.06. The second-order valence-corrected chi connectivity index (χ2v) is 5.60. The van der Waals surface area contributed by atoms with Crippen molar-refractivity contribution in [2.75, 3.05) is 0 Å². The molecular formula is C13H23NO6. The Morgan fingerprint density at radius 1 is 1.15 bits per heavy atom. The van der Waals surface area contributed by atoms with Gasteiger partial charge in [-0.25, -0.2) is 9.59 Å². The summed E-state index contributed by atoms with van der Waals surface area (Å²) < 4.78 is 14.4. The average molecular weight is 289 g/mol. The number of nitrogens with one attached hydrogen (secondary N) is 1. The van der Waals surface area contributed by atoms with Crippen molar-refractivity contribution in [3.05, 3.63) is 0 Å². The van der Waals surface area contributed by atoms with Gasteiger partial charge in [-0.15, -0.1) is 0 Å². The van der Waals surface area contributed by atoms with Gasteiger partial charge in [-0.1, -0.05) is 13.8 Å². The lowest BCUT2D eigenvalue weighted by atomic mass is 10.1. The van der Waals surface area contributed by atoms with Crippen molar-refractivity contribution in [1.82, 2.24) is 5.32 Å². The van der Waals surface area contributed by atoms with Crippen molar-refractivity contribution in [3.8, 4) is 0 Å². The summed E-state index contributed by atoms with van der Waals surface area (Å²) >= 11 is 0. The van der Waals surface area contributed by atoms with E-state index in [-0.39, 0.29) is 12.4 Å². The summed E-state index contributed by atoms with van der Waals surface area (Å²) in [5.41, 5.74) is -0.663. The molecule has 0 fully saturated rings. The number of carbonyl (C=O) groups is 3. The summed E-state index contributed by atoms with van der Waals surface area (Å²) in [7, 11) is 0. The van der Waals surface area contributed by atoms with Crippen molar-refractivity contribution >= 4 is 18.5 Å². The summed E-state index contributed by atoms with van der Waals surface area (Å²) in [5.74, 6) is -0.904. The minimum Gasteiger partial charge on any atom is -0.444 e. The van der Waals surface area contributed by atoms with Crippen molar-refractivity contribution in [2.24, 2.45) is 5.92 Å². The molecule has 0 aromatic rings. The number of hydrogen-bond donors (Lipinski definition) is 1. The van der Waals surface area contributed by atoms with E-state index in [1.54, 1.807) is 34.6 Å². The number of esters is 1. The fraction of sp³-hybridized carbons (Fsp3) is 0.769. The molecule has 7 heteroatoms. The standard InChI is InChI=1S/C13H23NO6/c1-8(2)10(11(16)19-9(3)18-7-15)14-12(17)20-13(4,5)6/h7-10H,1-6H3,(H,14,17)/t9?,10-/m0/s1. The quantitative estimate of drug-likeness (QED) is 0.453. The molecule has 0 aliphatic carbocycles. The Kier molecular flexibility index (Phi) is 7.02. The largest absolute Gasteiger partial charge is 0.444 e. The predicted molar refractivity (Wildman–Crippen MR) is 70.7 cm³/mol. The molecule has 0 aromatic carbocycles. The van der Waals surface area contributed by atoms with E-state index in [2.05, 4.69) is 10.1 Å². The van der Waals surface area contributed by atoms with Gasteiger partial charge in [-0.05, 0) is 26.7 Å². The highest BCUT2D eigenvalue weighted by molar-refractivity contribution is 5.81. The first-order valence-electron chi connectivity index (χ1n) is 6.36. The zero-order valence-electron chi connectivity index (χ0n) is 12.8. The molecular weight excluding hydrogens is 266 g/mol. The minimum atomic E-state index is -1.01. The van der Waals surface area contributed by atoms with Gasteiger partial charge in [0.15, 0.2) is 0 Å². The molecule has 0 aliphatic heterocycles. The second-order valence-electron chi connectivity index (χ2n) is 5.60. The Hall–Kier alpha value is -1.79. The van der Waals surface area contributed by atoms with E-state index in [1.807, 2.05) is 0 Å². The van der Waals surface area contributed by atoms with Crippen LogP contribution in [0.15, 0.2) is 0 Å². The predicted octanol–water partition coefficient (Wildman–Crippen LogP) is 1.60. The third-order valence-corrected chi connectivity index (χ3v) is 2.12. The molecule has 0 rings (SSSR count). The van der Waals surface area contributed by atoms with Gasteiger partial charge in [-0.3, -0.25) is 4.79 Å². The molecule has 7 nitrogen and oxygen atoms in total. The van der Waals surface area contributed by atoms with Crippen LogP contribution in [0.2, 0.25) is 0 Å². The highest BCUT2D eigenvalue weighted by Crippen LogP contribution is 2.10. The topological polar surface area (TPSA) is 90.9 Å². The molecule has 1 amide bonds. The molecule has 0 aromatic heterocycles. The molecule has 0 aliphatic rings. The summed E-state index contributed by atoms with van der Waals surface area (Å²) in [6, 6.07) is -0.887. The molecule has 0 saturated carbocycles. The molecule has 0 radical (unpaired) electrons. The van der Waals surface area contributed by atoms with Gasteiger partial charge >= 0.3 is 12.1 Å². The van der Waals surface area contributed by atoms with E-state index in [1.165, 1.54) is 6.92 Å². The molecule has 0 bridgehead atoms. The molecule has 2 atom stereocenters. The maximum atomic E-state index is 11.9. The molecule has 0 saturated heterocycles. The van der Waals surface area contributed by atoms with Crippen LogP contribution in [0, 0.1) is 5.92 Å². The molecule has 20 heavy (non-hydrogen) atoms. The van der Waals surface area contributed by atoms with Gasteiger partial charge in [0.1, 0.15) is 11.6 Å². The number of carbonyl (C=O) groups excluding carboxylic acids is 3.